The minimum absolute atomic E-state index is 0.0385. The van der Waals surface area contributed by atoms with Gasteiger partial charge >= 0.3 is 5.97 Å². The minimum Gasteiger partial charge on any atom is -0.467 e. The third-order valence-corrected chi connectivity index (χ3v) is 3.57. The van der Waals surface area contributed by atoms with Crippen LogP contribution in [-0.4, -0.2) is 17.8 Å². The molecule has 1 N–H and O–H groups in total. The molecular formula is C19H17ClN2O4. The second-order valence-electron chi connectivity index (χ2n) is 5.27. The molecule has 134 valence electrons. The Hall–Kier alpha value is -3.04. The number of ether oxygens (including phenoxy) is 1. The van der Waals surface area contributed by atoms with Crippen LogP contribution in [0.3, 0.4) is 0 Å². The van der Waals surface area contributed by atoms with E-state index in [-0.39, 0.29) is 24.5 Å². The third-order valence-electron chi connectivity index (χ3n) is 3.31. The topological polar surface area (TPSA) is 92.3 Å². The fourth-order valence-corrected chi connectivity index (χ4v) is 2.15. The zero-order valence-electron chi connectivity index (χ0n) is 13.9. The summed E-state index contributed by atoms with van der Waals surface area (Å²) >= 11 is 5.53. The van der Waals surface area contributed by atoms with Crippen LogP contribution >= 0.6 is 11.6 Å². The summed E-state index contributed by atoms with van der Waals surface area (Å²) in [6.07, 6.45) is 3.77. The Bertz CT molecular complexity index is 805. The molecule has 0 aliphatic carbocycles. The predicted octanol–water partition coefficient (Wildman–Crippen LogP) is 3.43. The van der Waals surface area contributed by atoms with Crippen molar-refractivity contribution in [2.24, 2.45) is 0 Å². The summed E-state index contributed by atoms with van der Waals surface area (Å²) in [5, 5.41) is 11.8. The van der Waals surface area contributed by atoms with E-state index in [4.69, 9.17) is 20.8 Å². The van der Waals surface area contributed by atoms with Crippen LogP contribution in [0.25, 0.3) is 6.08 Å². The average molecular weight is 373 g/mol. The van der Waals surface area contributed by atoms with Gasteiger partial charge in [0.25, 0.3) is 5.91 Å². The number of rotatable bonds is 8. The number of esters is 1. The highest BCUT2D eigenvalue weighted by atomic mass is 35.5. The first-order chi connectivity index (χ1) is 12.6. The Balaban J connectivity index is 1.96. The van der Waals surface area contributed by atoms with Gasteiger partial charge in [-0.25, -0.2) is 0 Å². The van der Waals surface area contributed by atoms with Crippen LogP contribution < -0.4 is 10.1 Å². The molecule has 0 bridgehead atoms. The monoisotopic (exact) mass is 372 g/mol. The van der Waals surface area contributed by atoms with Crippen molar-refractivity contribution < 1.29 is 18.7 Å². The van der Waals surface area contributed by atoms with E-state index in [9.17, 15) is 14.9 Å². The van der Waals surface area contributed by atoms with Crippen LogP contribution in [0, 0.1) is 11.3 Å². The minimum atomic E-state index is -0.500. The number of halogens is 1. The molecule has 0 spiro atoms. The van der Waals surface area contributed by atoms with Gasteiger partial charge < -0.3 is 14.5 Å². The van der Waals surface area contributed by atoms with E-state index in [2.05, 4.69) is 5.32 Å². The van der Waals surface area contributed by atoms with Crippen LogP contribution in [0.4, 0.5) is 0 Å². The first-order valence-corrected chi connectivity index (χ1v) is 8.45. The smallest absolute Gasteiger partial charge is 0.311 e. The second-order valence-corrected chi connectivity index (χ2v) is 5.65. The van der Waals surface area contributed by atoms with E-state index in [1.165, 1.54) is 12.3 Å². The van der Waals surface area contributed by atoms with E-state index >= 15 is 0 Å². The molecule has 26 heavy (non-hydrogen) atoms. The lowest BCUT2D eigenvalue weighted by molar-refractivity contribution is -0.134. The highest BCUT2D eigenvalue weighted by Gasteiger charge is 2.10. The molecular weight excluding hydrogens is 356 g/mol. The maximum absolute atomic E-state index is 12.1. The summed E-state index contributed by atoms with van der Waals surface area (Å²) in [7, 11) is 0. The van der Waals surface area contributed by atoms with Crippen molar-refractivity contribution >= 4 is 29.6 Å². The van der Waals surface area contributed by atoms with Gasteiger partial charge in [-0.05, 0) is 42.3 Å². The number of amides is 1. The molecule has 0 atom stereocenters. The number of carbonyl (C=O) groups is 2. The lowest BCUT2D eigenvalue weighted by Crippen LogP contribution is -2.23. The number of alkyl halides is 1. The normalized spacial score (nSPS) is 10.8. The van der Waals surface area contributed by atoms with Crippen molar-refractivity contribution in [2.45, 2.75) is 19.4 Å². The number of nitrogens with one attached hydrogen (secondary N) is 1. The van der Waals surface area contributed by atoms with Crippen molar-refractivity contribution in [3.8, 4) is 11.8 Å². The summed E-state index contributed by atoms with van der Waals surface area (Å²) in [5.41, 5.74) is 0.596. The van der Waals surface area contributed by atoms with Gasteiger partial charge in [0.05, 0.1) is 12.8 Å². The van der Waals surface area contributed by atoms with Crippen molar-refractivity contribution in [1.82, 2.24) is 5.32 Å². The van der Waals surface area contributed by atoms with Gasteiger partial charge in [-0.3, -0.25) is 9.59 Å². The van der Waals surface area contributed by atoms with Gasteiger partial charge in [-0.1, -0.05) is 12.1 Å². The Morgan fingerprint density at radius 3 is 2.65 bits per heavy atom. The molecule has 0 aliphatic rings. The number of benzene rings is 1. The van der Waals surface area contributed by atoms with E-state index < -0.39 is 5.91 Å². The highest BCUT2D eigenvalue weighted by Crippen LogP contribution is 2.15. The van der Waals surface area contributed by atoms with Gasteiger partial charge in [0.15, 0.2) is 0 Å². The molecule has 2 rings (SSSR count). The zero-order valence-corrected chi connectivity index (χ0v) is 14.7. The maximum atomic E-state index is 12.1. The predicted molar refractivity (Wildman–Crippen MR) is 96.2 cm³/mol. The van der Waals surface area contributed by atoms with Crippen molar-refractivity contribution in [3.63, 3.8) is 0 Å². The van der Waals surface area contributed by atoms with Crippen LogP contribution in [0.1, 0.15) is 24.2 Å². The standard InChI is InChI=1S/C19H17ClN2O4/c20-9-1-4-18(23)26-16-7-5-14(6-8-16)11-15(12-21)19(24)22-13-17-3-2-10-25-17/h2-3,5-8,10-11H,1,4,9,13H2,(H,22,24)/b15-11+. The summed E-state index contributed by atoms with van der Waals surface area (Å²) in [6.45, 7) is 0.196. The molecule has 6 nitrogen and oxygen atoms in total. The lowest BCUT2D eigenvalue weighted by atomic mass is 10.1. The van der Waals surface area contributed by atoms with Crippen molar-refractivity contribution in [3.05, 3.63) is 59.6 Å². The van der Waals surface area contributed by atoms with Gasteiger partial charge in [0, 0.05) is 12.3 Å². The maximum Gasteiger partial charge on any atom is 0.311 e. The molecule has 0 radical (unpaired) electrons. The fourth-order valence-electron chi connectivity index (χ4n) is 2.02. The molecule has 0 unspecified atom stereocenters. The van der Waals surface area contributed by atoms with E-state index in [0.717, 1.165) is 0 Å². The Labute approximate surface area is 156 Å². The molecule has 0 saturated carbocycles. The highest BCUT2D eigenvalue weighted by molar-refractivity contribution is 6.17. The first-order valence-electron chi connectivity index (χ1n) is 7.91. The van der Waals surface area contributed by atoms with Gasteiger partial charge in [-0.2, -0.15) is 5.26 Å². The third kappa shape index (κ3) is 6.11. The van der Waals surface area contributed by atoms with Crippen molar-refractivity contribution in [1.29, 1.82) is 5.26 Å². The summed E-state index contributed by atoms with van der Waals surface area (Å²) in [5.74, 6) is 0.528. The molecule has 1 amide bonds. The fraction of sp³-hybridized carbons (Fsp3) is 0.211. The van der Waals surface area contributed by atoms with Gasteiger partial charge in [0.2, 0.25) is 0 Å². The number of hydrogen-bond donors (Lipinski definition) is 1. The number of nitriles is 1. The van der Waals surface area contributed by atoms with Gasteiger partial charge in [-0.15, -0.1) is 11.6 Å². The molecule has 2 aromatic rings. The molecule has 7 heteroatoms. The van der Waals surface area contributed by atoms with E-state index in [0.29, 0.717) is 29.4 Å². The number of carbonyl (C=O) groups excluding carboxylic acids is 2. The molecule has 1 aromatic heterocycles. The quantitative estimate of drug-likeness (QED) is 0.252. The number of furan rings is 1. The molecule has 1 heterocycles. The lowest BCUT2D eigenvalue weighted by Gasteiger charge is -2.05. The molecule has 1 aromatic carbocycles. The number of nitrogens with zero attached hydrogens (tertiary/aromatic N) is 1. The Morgan fingerprint density at radius 1 is 1.27 bits per heavy atom. The Kier molecular flexibility index (Phi) is 7.47. The molecule has 0 fully saturated rings. The molecule has 0 saturated heterocycles. The van der Waals surface area contributed by atoms with Crippen LogP contribution in [0.5, 0.6) is 5.75 Å². The zero-order chi connectivity index (χ0) is 18.8. The average Bonchev–Trinajstić information content (AvgIpc) is 3.17. The van der Waals surface area contributed by atoms with Crippen LogP contribution in [-0.2, 0) is 16.1 Å². The Morgan fingerprint density at radius 2 is 2.04 bits per heavy atom. The summed E-state index contributed by atoms with van der Waals surface area (Å²) < 4.78 is 10.3. The molecule has 0 aliphatic heterocycles. The summed E-state index contributed by atoms with van der Waals surface area (Å²) in [6, 6.07) is 11.8. The number of hydrogen-bond acceptors (Lipinski definition) is 5. The van der Waals surface area contributed by atoms with Gasteiger partial charge in [0.1, 0.15) is 23.2 Å². The second kappa shape index (κ2) is 10.1. The largest absolute Gasteiger partial charge is 0.467 e. The van der Waals surface area contributed by atoms with E-state index in [1.54, 1.807) is 36.4 Å². The van der Waals surface area contributed by atoms with E-state index in [1.807, 2.05) is 6.07 Å². The van der Waals surface area contributed by atoms with Crippen molar-refractivity contribution in [2.75, 3.05) is 5.88 Å². The first kappa shape index (κ1) is 19.3. The SMILES string of the molecule is N#C/C(=C\c1ccc(OC(=O)CCCCl)cc1)C(=O)NCc1ccco1. The van der Waals surface area contributed by atoms with Crippen LogP contribution in [0.2, 0.25) is 0 Å². The summed E-state index contributed by atoms with van der Waals surface area (Å²) in [4.78, 5) is 23.6. The van der Waals surface area contributed by atoms with Crippen LogP contribution in [0.15, 0.2) is 52.7 Å².